The third-order valence-corrected chi connectivity index (χ3v) is 10.5. The summed E-state index contributed by atoms with van der Waals surface area (Å²) in [7, 11) is 4.10. The van der Waals surface area contributed by atoms with Crippen molar-refractivity contribution < 1.29 is 9.59 Å². The van der Waals surface area contributed by atoms with Gasteiger partial charge in [-0.3, -0.25) is 4.79 Å². The number of benzene rings is 3. The molecule has 236 valence electrons. The van der Waals surface area contributed by atoms with Gasteiger partial charge in [0.25, 0.3) is 0 Å². The number of hydrogen-bond donors (Lipinski definition) is 2. The van der Waals surface area contributed by atoms with Gasteiger partial charge in [-0.2, -0.15) is 0 Å². The van der Waals surface area contributed by atoms with E-state index in [2.05, 4.69) is 35.4 Å². The maximum atomic E-state index is 14.6. The molecule has 45 heavy (non-hydrogen) atoms. The summed E-state index contributed by atoms with van der Waals surface area (Å²) in [6.45, 7) is 2.71. The molecule has 0 unspecified atom stereocenters. The second kappa shape index (κ2) is 14.1. The predicted octanol–water partition coefficient (Wildman–Crippen LogP) is 7.12. The largest absolute Gasteiger partial charge is 0.361 e. The number of halogens is 2. The molecule has 3 amide bonds. The highest BCUT2D eigenvalue weighted by Crippen LogP contribution is 2.34. The quantitative estimate of drug-likeness (QED) is 0.211. The SMILES string of the molecule is CN(C)C[C@H]1Cc2cc(Cl)ccc2N(C(=O)[C@@H](Cc2c[nH]c3ccccc23)NC(=O)N2CCC(Sc3ccc(Cl)cc3)CC2)C1. The average Bonchev–Trinajstić information content (AvgIpc) is 3.43. The van der Waals surface area contributed by atoms with Crippen LogP contribution < -0.4 is 10.2 Å². The van der Waals surface area contributed by atoms with E-state index in [1.54, 1.807) is 0 Å². The van der Waals surface area contributed by atoms with Gasteiger partial charge in [-0.25, -0.2) is 4.79 Å². The molecule has 2 N–H and O–H groups in total. The fraction of sp³-hybridized carbons (Fsp3) is 0.371. The Kier molecular flexibility index (Phi) is 9.95. The molecule has 4 aromatic rings. The molecule has 0 radical (unpaired) electrons. The number of urea groups is 1. The standard InChI is InChI=1S/C35H39Cl2N5O2S/c1-40(2)21-23-17-24-18-27(37)9-12-33(24)42(22-23)34(43)32(19-25-20-38-31-6-4-3-5-30(25)31)39-35(44)41-15-13-29(14-16-41)45-28-10-7-26(36)8-11-28/h3-12,18,20,23,29,32,38H,13-17,19,21-22H2,1-2H3,(H,39,44)/t23-,32-/m1/s1. The molecule has 7 nitrogen and oxygen atoms in total. The van der Waals surface area contributed by atoms with Crippen LogP contribution in [0, 0.1) is 5.92 Å². The summed E-state index contributed by atoms with van der Waals surface area (Å²) in [4.78, 5) is 38.7. The minimum absolute atomic E-state index is 0.103. The normalized spacial score (nSPS) is 17.8. The van der Waals surface area contributed by atoms with Crippen LogP contribution in [0.2, 0.25) is 10.0 Å². The van der Waals surface area contributed by atoms with E-state index in [0.29, 0.717) is 36.3 Å². The number of H-pyrrole nitrogens is 1. The van der Waals surface area contributed by atoms with Crippen LogP contribution in [0.4, 0.5) is 10.5 Å². The van der Waals surface area contributed by atoms with Crippen LogP contribution in [0.25, 0.3) is 10.9 Å². The number of fused-ring (bicyclic) bond motifs is 2. The lowest BCUT2D eigenvalue weighted by molar-refractivity contribution is -0.120. The molecule has 1 aromatic heterocycles. The molecule has 1 saturated heterocycles. The molecule has 6 rings (SSSR count). The number of anilines is 1. The first-order valence-electron chi connectivity index (χ1n) is 15.5. The number of amides is 3. The van der Waals surface area contributed by atoms with Crippen LogP contribution in [0.5, 0.6) is 0 Å². The summed E-state index contributed by atoms with van der Waals surface area (Å²) in [5, 5.41) is 6.05. The highest BCUT2D eigenvalue weighted by Gasteiger charge is 2.35. The van der Waals surface area contributed by atoms with E-state index >= 15 is 0 Å². The van der Waals surface area contributed by atoms with E-state index in [-0.39, 0.29) is 17.9 Å². The van der Waals surface area contributed by atoms with Gasteiger partial charge >= 0.3 is 6.03 Å². The zero-order chi connectivity index (χ0) is 31.5. The third-order valence-electron chi connectivity index (χ3n) is 8.71. The third kappa shape index (κ3) is 7.63. The number of nitrogens with zero attached hydrogens (tertiary/aromatic N) is 3. The number of thioether (sulfide) groups is 1. The van der Waals surface area contributed by atoms with Gasteiger partial charge in [0.1, 0.15) is 6.04 Å². The summed E-state index contributed by atoms with van der Waals surface area (Å²) in [5.41, 5.74) is 3.94. The van der Waals surface area contributed by atoms with Crippen molar-refractivity contribution >= 4 is 63.5 Å². The molecule has 0 spiro atoms. The first kappa shape index (κ1) is 31.8. The Morgan fingerprint density at radius 2 is 1.76 bits per heavy atom. The Morgan fingerprint density at radius 3 is 2.51 bits per heavy atom. The number of hydrogen-bond acceptors (Lipinski definition) is 4. The molecule has 2 aliphatic heterocycles. The Balaban J connectivity index is 1.21. The lowest BCUT2D eigenvalue weighted by atomic mass is 9.91. The van der Waals surface area contributed by atoms with E-state index in [9.17, 15) is 9.59 Å². The van der Waals surface area contributed by atoms with E-state index < -0.39 is 6.04 Å². The van der Waals surface area contributed by atoms with Crippen molar-refractivity contribution in [2.75, 3.05) is 45.2 Å². The Bertz CT molecular complexity index is 1650. The van der Waals surface area contributed by atoms with Crippen LogP contribution in [0.1, 0.15) is 24.0 Å². The maximum Gasteiger partial charge on any atom is 0.318 e. The highest BCUT2D eigenvalue weighted by molar-refractivity contribution is 8.00. The molecule has 0 bridgehead atoms. The number of para-hydroxylation sites is 1. The monoisotopic (exact) mass is 663 g/mol. The van der Waals surface area contributed by atoms with Crippen molar-refractivity contribution in [2.24, 2.45) is 5.92 Å². The van der Waals surface area contributed by atoms with Crippen molar-refractivity contribution in [3.05, 3.63) is 94.1 Å². The number of rotatable bonds is 8. The van der Waals surface area contributed by atoms with Gasteiger partial charge in [0.15, 0.2) is 0 Å². The zero-order valence-electron chi connectivity index (χ0n) is 25.6. The van der Waals surface area contributed by atoms with E-state index in [1.165, 1.54) is 4.90 Å². The van der Waals surface area contributed by atoms with Crippen LogP contribution >= 0.6 is 35.0 Å². The summed E-state index contributed by atoms with van der Waals surface area (Å²) < 4.78 is 0. The highest BCUT2D eigenvalue weighted by atomic mass is 35.5. The summed E-state index contributed by atoms with van der Waals surface area (Å²) in [5.74, 6) is 0.144. The fourth-order valence-electron chi connectivity index (χ4n) is 6.59. The number of carbonyl (C=O) groups excluding carboxylic acids is 2. The Hall–Kier alpha value is -3.17. The molecule has 3 aromatic carbocycles. The second-order valence-corrected chi connectivity index (χ2v) is 14.6. The van der Waals surface area contributed by atoms with Gasteiger partial charge in [0.2, 0.25) is 5.91 Å². The van der Waals surface area contributed by atoms with Crippen molar-refractivity contribution in [1.29, 1.82) is 0 Å². The van der Waals surface area contributed by atoms with E-state index in [0.717, 1.165) is 58.5 Å². The summed E-state index contributed by atoms with van der Waals surface area (Å²) >= 11 is 14.3. The molecule has 1 fully saturated rings. The number of aromatic amines is 1. The number of nitrogens with one attached hydrogen (secondary N) is 2. The molecule has 3 heterocycles. The summed E-state index contributed by atoms with van der Waals surface area (Å²) in [6.07, 6.45) is 4.95. The predicted molar refractivity (Wildman–Crippen MR) is 186 cm³/mol. The number of likely N-dealkylation sites (tertiary alicyclic amines) is 1. The lowest BCUT2D eigenvalue weighted by Crippen LogP contribution is -2.56. The summed E-state index contributed by atoms with van der Waals surface area (Å²) in [6, 6.07) is 20.8. The van der Waals surface area contributed by atoms with Gasteiger partial charge in [0, 0.05) is 75.6 Å². The topological polar surface area (TPSA) is 71.7 Å². The van der Waals surface area contributed by atoms with Gasteiger partial charge < -0.3 is 25.0 Å². The van der Waals surface area contributed by atoms with Crippen LogP contribution in [-0.4, -0.2) is 78.3 Å². The average molecular weight is 665 g/mol. The van der Waals surface area contributed by atoms with E-state index in [1.807, 2.05) is 88.4 Å². The fourth-order valence-corrected chi connectivity index (χ4v) is 8.04. The molecule has 10 heteroatoms. The van der Waals surface area contributed by atoms with Gasteiger partial charge in [0.05, 0.1) is 0 Å². The molecule has 2 aliphatic rings. The number of piperidine rings is 1. The second-order valence-electron chi connectivity index (χ2n) is 12.4. The van der Waals surface area contributed by atoms with Gasteiger partial charge in [-0.15, -0.1) is 11.8 Å². The Morgan fingerprint density at radius 1 is 1.02 bits per heavy atom. The van der Waals surface area contributed by atoms with Gasteiger partial charge in [-0.05, 0) is 98.9 Å². The number of aromatic nitrogens is 1. The van der Waals surface area contributed by atoms with Gasteiger partial charge in [-0.1, -0.05) is 41.4 Å². The van der Waals surface area contributed by atoms with Crippen molar-refractivity contribution in [3.8, 4) is 0 Å². The molecule has 2 atom stereocenters. The van der Waals surface area contributed by atoms with Crippen LogP contribution in [0.3, 0.4) is 0 Å². The van der Waals surface area contributed by atoms with Crippen molar-refractivity contribution in [2.45, 2.75) is 41.9 Å². The smallest absolute Gasteiger partial charge is 0.318 e. The molecule has 0 aliphatic carbocycles. The molecule has 0 saturated carbocycles. The molecular formula is C35H39Cl2N5O2S. The van der Waals surface area contributed by atoms with Crippen LogP contribution in [0.15, 0.2) is 77.8 Å². The van der Waals surface area contributed by atoms with E-state index in [4.69, 9.17) is 23.2 Å². The zero-order valence-corrected chi connectivity index (χ0v) is 28.0. The Labute approximate surface area is 279 Å². The maximum absolute atomic E-state index is 14.6. The van der Waals surface area contributed by atoms with Crippen molar-refractivity contribution in [1.82, 2.24) is 20.1 Å². The van der Waals surface area contributed by atoms with Crippen LogP contribution in [-0.2, 0) is 17.6 Å². The minimum atomic E-state index is -0.737. The first-order chi connectivity index (χ1) is 21.7. The number of carbonyl (C=O) groups is 2. The van der Waals surface area contributed by atoms with Crippen molar-refractivity contribution in [3.63, 3.8) is 0 Å². The molecular weight excluding hydrogens is 625 g/mol. The first-order valence-corrected chi connectivity index (χ1v) is 17.1. The minimum Gasteiger partial charge on any atom is -0.361 e. The lowest BCUT2D eigenvalue weighted by Gasteiger charge is -2.38.